The van der Waals surface area contributed by atoms with E-state index >= 15 is 0 Å². The number of hydrogen-bond acceptors (Lipinski definition) is 6. The fourth-order valence-electron chi connectivity index (χ4n) is 0.500. The van der Waals surface area contributed by atoms with Crippen molar-refractivity contribution in [3.8, 4) is 0 Å². The van der Waals surface area contributed by atoms with Crippen molar-refractivity contribution in [1.29, 1.82) is 0 Å². The Morgan fingerprint density at radius 1 is 0.800 bits per heavy atom. The molecule has 9 heteroatoms. The summed E-state index contributed by atoms with van der Waals surface area (Å²) >= 11 is 0. The smallest absolute Gasteiger partial charge is 0.748 e. The van der Waals surface area contributed by atoms with Gasteiger partial charge in [0.25, 0.3) is 0 Å². The molecule has 88 valence electrons. The fourth-order valence-corrected chi connectivity index (χ4v) is 1.50. The Hall–Kier alpha value is 1.30. The maximum Gasteiger partial charge on any atom is 2.00 e. The quantitative estimate of drug-likeness (QED) is 0.506. The molecule has 0 aliphatic heterocycles. The molecule has 0 aliphatic carbocycles. The largest absolute Gasteiger partial charge is 2.00 e. The van der Waals surface area contributed by atoms with Gasteiger partial charge >= 0.3 is 45.5 Å². The standard InChI is InChI=1S/2C3H8O3S.Sr/c2*1-2-3-7(4,5)6;/h2*2-3H2,1H3,(H,4,5,6);/q;;+2/p-2. The van der Waals surface area contributed by atoms with E-state index in [0.717, 1.165) is 0 Å². The summed E-state index contributed by atoms with van der Waals surface area (Å²) in [5.41, 5.74) is 0. The molecule has 0 unspecified atom stereocenters. The van der Waals surface area contributed by atoms with Crippen molar-refractivity contribution in [1.82, 2.24) is 0 Å². The van der Waals surface area contributed by atoms with Crippen LogP contribution >= 0.6 is 0 Å². The van der Waals surface area contributed by atoms with Gasteiger partial charge in [0, 0.05) is 11.5 Å². The molecular formula is C6H14O6S2Sr. The molecule has 0 spiro atoms. The Morgan fingerprint density at radius 2 is 1.00 bits per heavy atom. The summed E-state index contributed by atoms with van der Waals surface area (Å²) in [5.74, 6) is -0.486. The van der Waals surface area contributed by atoms with Crippen LogP contribution in [0.5, 0.6) is 0 Å². The van der Waals surface area contributed by atoms with Gasteiger partial charge in [0.15, 0.2) is 0 Å². The molecule has 0 N–H and O–H groups in total. The van der Waals surface area contributed by atoms with E-state index in [1.807, 2.05) is 0 Å². The first-order valence-electron chi connectivity index (χ1n) is 3.99. The van der Waals surface area contributed by atoms with Crippen LogP contribution in [0, 0.1) is 0 Å². The van der Waals surface area contributed by atoms with Gasteiger partial charge in [0.2, 0.25) is 0 Å². The molecule has 15 heavy (non-hydrogen) atoms. The summed E-state index contributed by atoms with van der Waals surface area (Å²) < 4.78 is 58.1. The maximum absolute atomic E-state index is 9.68. The maximum atomic E-state index is 9.68. The first-order valence-corrected chi connectivity index (χ1v) is 7.15. The van der Waals surface area contributed by atoms with Gasteiger partial charge in [-0.15, -0.1) is 0 Å². The Bertz CT molecular complexity index is 286. The van der Waals surface area contributed by atoms with Gasteiger partial charge in [-0.3, -0.25) is 0 Å². The Labute approximate surface area is 128 Å². The van der Waals surface area contributed by atoms with Gasteiger partial charge in [-0.1, -0.05) is 13.8 Å². The summed E-state index contributed by atoms with van der Waals surface area (Å²) in [6.45, 7) is 3.30. The van der Waals surface area contributed by atoms with E-state index in [1.54, 1.807) is 13.8 Å². The molecule has 0 aromatic carbocycles. The minimum atomic E-state index is -3.92. The normalized spacial score (nSPS) is 10.9. The van der Waals surface area contributed by atoms with Gasteiger partial charge in [0.1, 0.15) is 0 Å². The molecule has 0 aromatic heterocycles. The summed E-state index contributed by atoms with van der Waals surface area (Å²) in [5, 5.41) is 0. The van der Waals surface area contributed by atoms with Gasteiger partial charge < -0.3 is 9.11 Å². The zero-order valence-electron chi connectivity index (χ0n) is 8.80. The van der Waals surface area contributed by atoms with Crippen molar-refractivity contribution in [3.05, 3.63) is 0 Å². The molecule has 0 aromatic rings. The zero-order chi connectivity index (χ0) is 11.8. The third-order valence-corrected chi connectivity index (χ3v) is 2.72. The van der Waals surface area contributed by atoms with Crippen molar-refractivity contribution in [2.45, 2.75) is 26.7 Å². The van der Waals surface area contributed by atoms with E-state index in [4.69, 9.17) is 0 Å². The predicted molar refractivity (Wildman–Crippen MR) is 55.5 cm³/mol. The summed E-state index contributed by atoms with van der Waals surface area (Å²) in [6.07, 6.45) is 0.817. The molecule has 0 bridgehead atoms. The second-order valence-corrected chi connectivity index (χ2v) is 5.57. The van der Waals surface area contributed by atoms with Crippen LogP contribution in [-0.4, -0.2) is 82.9 Å². The van der Waals surface area contributed by atoms with Crippen molar-refractivity contribution in [3.63, 3.8) is 0 Å². The van der Waals surface area contributed by atoms with Crippen molar-refractivity contribution >= 4 is 65.7 Å². The van der Waals surface area contributed by atoms with E-state index in [0.29, 0.717) is 12.8 Å². The van der Waals surface area contributed by atoms with Crippen LogP contribution in [0.3, 0.4) is 0 Å². The molecule has 0 atom stereocenters. The Morgan fingerprint density at radius 3 is 1.00 bits per heavy atom. The van der Waals surface area contributed by atoms with Gasteiger partial charge in [-0.2, -0.15) is 0 Å². The molecule has 6 nitrogen and oxygen atoms in total. The first kappa shape index (κ1) is 21.6. The SMILES string of the molecule is CCCS(=O)(=O)[O-].CCCS(=O)(=O)[O-].[Sr+2]. The van der Waals surface area contributed by atoms with E-state index in [9.17, 15) is 25.9 Å². The van der Waals surface area contributed by atoms with E-state index in [-0.39, 0.29) is 57.0 Å². The van der Waals surface area contributed by atoms with Gasteiger partial charge in [0.05, 0.1) is 20.2 Å². The predicted octanol–water partition coefficient (Wildman–Crippen LogP) is -0.498. The molecule has 0 saturated heterocycles. The van der Waals surface area contributed by atoms with Gasteiger partial charge in [-0.05, 0) is 12.8 Å². The third kappa shape index (κ3) is 31.3. The van der Waals surface area contributed by atoms with Crippen molar-refractivity contribution < 1.29 is 25.9 Å². The van der Waals surface area contributed by atoms with E-state index in [2.05, 4.69) is 0 Å². The van der Waals surface area contributed by atoms with Crippen LogP contribution < -0.4 is 0 Å². The molecule has 0 fully saturated rings. The van der Waals surface area contributed by atoms with Crippen LogP contribution in [0.15, 0.2) is 0 Å². The fraction of sp³-hybridized carbons (Fsp3) is 1.00. The summed E-state index contributed by atoms with van der Waals surface area (Å²) in [4.78, 5) is 0. The second-order valence-electron chi connectivity index (χ2n) is 2.52. The second kappa shape index (κ2) is 10.5. The molecule has 0 aliphatic rings. The van der Waals surface area contributed by atoms with E-state index in [1.165, 1.54) is 0 Å². The molecule has 0 rings (SSSR count). The summed E-state index contributed by atoms with van der Waals surface area (Å²) in [6, 6.07) is 0. The Kier molecular flexibility index (Phi) is 15.0. The van der Waals surface area contributed by atoms with Crippen LogP contribution in [0.25, 0.3) is 0 Å². The minimum absolute atomic E-state index is 0. The van der Waals surface area contributed by atoms with Crippen molar-refractivity contribution in [2.75, 3.05) is 11.5 Å². The molecule has 0 heterocycles. The van der Waals surface area contributed by atoms with Crippen LogP contribution in [-0.2, 0) is 20.2 Å². The monoisotopic (exact) mass is 334 g/mol. The van der Waals surface area contributed by atoms with Crippen LogP contribution in [0.2, 0.25) is 0 Å². The molecule has 0 amide bonds. The number of hydrogen-bond donors (Lipinski definition) is 0. The van der Waals surface area contributed by atoms with Gasteiger partial charge in [-0.25, -0.2) is 16.8 Å². The zero-order valence-corrected chi connectivity index (χ0v) is 13.9. The molecule has 0 saturated carbocycles. The topological polar surface area (TPSA) is 114 Å². The first-order chi connectivity index (χ1) is 6.12. The average molecular weight is 334 g/mol. The van der Waals surface area contributed by atoms with Crippen LogP contribution in [0.1, 0.15) is 26.7 Å². The van der Waals surface area contributed by atoms with Crippen LogP contribution in [0.4, 0.5) is 0 Å². The molecular weight excluding hydrogens is 320 g/mol. The van der Waals surface area contributed by atoms with E-state index < -0.39 is 20.2 Å². The number of rotatable bonds is 4. The minimum Gasteiger partial charge on any atom is -0.748 e. The van der Waals surface area contributed by atoms with Crippen molar-refractivity contribution in [2.24, 2.45) is 0 Å². The average Bonchev–Trinajstić information content (AvgIpc) is 1.81. The Balaban J connectivity index is -0.000000180. The summed E-state index contributed by atoms with van der Waals surface area (Å²) in [7, 11) is -7.85. The molecule has 0 radical (unpaired) electrons. The third-order valence-electron chi connectivity index (χ3n) is 0.908.